The van der Waals surface area contributed by atoms with Crippen molar-refractivity contribution in [1.82, 2.24) is 20.6 Å². The zero-order valence-electron chi connectivity index (χ0n) is 25.2. The van der Waals surface area contributed by atoms with Crippen molar-refractivity contribution in [2.45, 2.75) is 79.2 Å². The smallest absolute Gasteiger partial charge is 0.348 e. The SMILES string of the molecule is CCOC(=O)[C@H](C)NC(=O)[C@H](C)CCNC(=O)N(O)C(=O)[C@@H](CCCCN1C(=O)c2ccccc2C1=O)CCC(C)C. The van der Waals surface area contributed by atoms with E-state index in [2.05, 4.69) is 10.6 Å². The Morgan fingerprint density at radius 1 is 0.929 bits per heavy atom. The zero-order chi connectivity index (χ0) is 31.4. The molecule has 2 rings (SSSR count). The van der Waals surface area contributed by atoms with Crippen LogP contribution in [0.5, 0.6) is 0 Å². The Morgan fingerprint density at radius 3 is 2.12 bits per heavy atom. The maximum Gasteiger partial charge on any atom is 0.348 e. The number of hydrogen-bond donors (Lipinski definition) is 3. The number of carbonyl (C=O) groups excluding carboxylic acids is 6. The Morgan fingerprint density at radius 2 is 1.55 bits per heavy atom. The number of hydrogen-bond acceptors (Lipinski definition) is 8. The molecule has 0 bridgehead atoms. The van der Waals surface area contributed by atoms with Crippen molar-refractivity contribution < 1.29 is 38.7 Å². The lowest BCUT2D eigenvalue weighted by atomic mass is 9.92. The second-order valence-corrected chi connectivity index (χ2v) is 11.0. The van der Waals surface area contributed by atoms with Crippen molar-refractivity contribution in [3.8, 4) is 0 Å². The van der Waals surface area contributed by atoms with E-state index in [0.29, 0.717) is 49.1 Å². The van der Waals surface area contributed by atoms with Gasteiger partial charge in [0.15, 0.2) is 0 Å². The average Bonchev–Trinajstić information content (AvgIpc) is 3.20. The molecular weight excluding hydrogens is 544 g/mol. The van der Waals surface area contributed by atoms with E-state index in [0.717, 1.165) is 0 Å². The van der Waals surface area contributed by atoms with Crippen molar-refractivity contribution >= 4 is 35.6 Å². The van der Waals surface area contributed by atoms with Crippen molar-refractivity contribution in [2.75, 3.05) is 19.7 Å². The molecule has 1 aromatic rings. The van der Waals surface area contributed by atoms with Crippen LogP contribution in [0.4, 0.5) is 4.79 Å². The Labute approximate surface area is 247 Å². The second kappa shape index (κ2) is 16.6. The number of amides is 6. The summed E-state index contributed by atoms with van der Waals surface area (Å²) >= 11 is 0. The number of urea groups is 1. The monoisotopic (exact) mass is 588 g/mol. The standard InChI is InChI=1S/C30H44N4O8/c1-6-42-29(39)21(5)32-25(35)20(4)16-17-31-30(40)34(41)26(36)22(15-14-19(2)3)11-9-10-18-33-27(37)23-12-7-8-13-24(23)28(33)38/h7-8,12-13,19-22,41H,6,9-11,14-18H2,1-5H3,(H,31,40)(H,32,35)/t20-,21+,22+/m1/s1. The molecule has 3 atom stereocenters. The average molecular weight is 589 g/mol. The second-order valence-electron chi connectivity index (χ2n) is 11.0. The van der Waals surface area contributed by atoms with Gasteiger partial charge in [0.05, 0.1) is 17.7 Å². The van der Waals surface area contributed by atoms with E-state index < -0.39 is 41.7 Å². The molecule has 6 amide bonds. The first kappa shape index (κ1) is 34.4. The number of fused-ring (bicyclic) bond motifs is 1. The van der Waals surface area contributed by atoms with Crippen LogP contribution in [0.15, 0.2) is 24.3 Å². The quantitative estimate of drug-likeness (QED) is 0.0868. The normalized spacial score (nSPS) is 14.7. The van der Waals surface area contributed by atoms with Gasteiger partial charge in [-0.1, -0.05) is 45.7 Å². The van der Waals surface area contributed by atoms with Crippen LogP contribution in [0.1, 0.15) is 93.9 Å². The summed E-state index contributed by atoms with van der Waals surface area (Å²) in [6.45, 7) is 9.26. The third-order valence-corrected chi connectivity index (χ3v) is 7.21. The first-order valence-corrected chi connectivity index (χ1v) is 14.6. The summed E-state index contributed by atoms with van der Waals surface area (Å²) in [5.74, 6) is -3.21. The van der Waals surface area contributed by atoms with Gasteiger partial charge in [0, 0.05) is 24.9 Å². The summed E-state index contributed by atoms with van der Waals surface area (Å²) in [4.78, 5) is 75.9. The first-order chi connectivity index (χ1) is 19.9. The molecule has 0 radical (unpaired) electrons. The van der Waals surface area contributed by atoms with E-state index in [4.69, 9.17) is 4.74 Å². The molecule has 0 aromatic heterocycles. The van der Waals surface area contributed by atoms with Crippen LogP contribution in [-0.4, -0.2) is 76.5 Å². The predicted octanol–water partition coefficient (Wildman–Crippen LogP) is 3.53. The molecule has 0 unspecified atom stereocenters. The minimum absolute atomic E-state index is 0.0164. The molecule has 3 N–H and O–H groups in total. The van der Waals surface area contributed by atoms with Crippen LogP contribution in [0, 0.1) is 17.8 Å². The highest BCUT2D eigenvalue weighted by Gasteiger charge is 2.35. The lowest BCUT2D eigenvalue weighted by molar-refractivity contribution is -0.158. The molecule has 1 aliphatic rings. The number of ether oxygens (including phenoxy) is 1. The number of hydroxylamine groups is 2. The van der Waals surface area contributed by atoms with Gasteiger partial charge >= 0.3 is 12.0 Å². The summed E-state index contributed by atoms with van der Waals surface area (Å²) < 4.78 is 4.86. The minimum Gasteiger partial charge on any atom is -0.464 e. The largest absolute Gasteiger partial charge is 0.464 e. The number of imide groups is 2. The molecule has 232 valence electrons. The van der Waals surface area contributed by atoms with Crippen molar-refractivity contribution in [2.24, 2.45) is 17.8 Å². The lowest BCUT2D eigenvalue weighted by Gasteiger charge is -2.22. The Bertz CT molecular complexity index is 1100. The third kappa shape index (κ3) is 9.64. The van der Waals surface area contributed by atoms with Gasteiger partial charge in [0.25, 0.3) is 17.7 Å². The van der Waals surface area contributed by atoms with E-state index >= 15 is 0 Å². The predicted molar refractivity (Wildman–Crippen MR) is 153 cm³/mol. The number of benzene rings is 1. The molecule has 0 spiro atoms. The highest BCUT2D eigenvalue weighted by molar-refractivity contribution is 6.21. The number of carbonyl (C=O) groups is 6. The van der Waals surface area contributed by atoms with E-state index in [9.17, 15) is 34.0 Å². The summed E-state index contributed by atoms with van der Waals surface area (Å²) in [5.41, 5.74) is 0.770. The van der Waals surface area contributed by atoms with Gasteiger partial charge in [0.1, 0.15) is 6.04 Å². The maximum atomic E-state index is 13.0. The van der Waals surface area contributed by atoms with E-state index in [-0.39, 0.29) is 43.0 Å². The fourth-order valence-corrected chi connectivity index (χ4v) is 4.59. The summed E-state index contributed by atoms with van der Waals surface area (Å²) in [6.07, 6.45) is 2.74. The Kier molecular flexibility index (Phi) is 13.6. The van der Waals surface area contributed by atoms with Crippen molar-refractivity contribution in [1.29, 1.82) is 0 Å². The first-order valence-electron chi connectivity index (χ1n) is 14.6. The maximum absolute atomic E-state index is 13.0. The van der Waals surface area contributed by atoms with Crippen molar-refractivity contribution in [3.05, 3.63) is 35.4 Å². The highest BCUT2D eigenvalue weighted by Crippen LogP contribution is 2.24. The zero-order valence-corrected chi connectivity index (χ0v) is 25.2. The molecule has 0 fully saturated rings. The molecule has 0 aliphatic carbocycles. The number of unbranched alkanes of at least 4 members (excludes halogenated alkanes) is 1. The molecule has 42 heavy (non-hydrogen) atoms. The number of nitrogens with one attached hydrogen (secondary N) is 2. The molecule has 1 heterocycles. The summed E-state index contributed by atoms with van der Waals surface area (Å²) in [7, 11) is 0. The van der Waals surface area contributed by atoms with Crippen LogP contribution in [0.2, 0.25) is 0 Å². The fourth-order valence-electron chi connectivity index (χ4n) is 4.59. The van der Waals surface area contributed by atoms with Crippen LogP contribution in [0.3, 0.4) is 0 Å². The molecule has 1 aromatic carbocycles. The minimum atomic E-state index is -0.993. The molecule has 12 heteroatoms. The number of rotatable bonds is 16. The van der Waals surface area contributed by atoms with Gasteiger partial charge in [-0.3, -0.25) is 29.3 Å². The Hall–Kier alpha value is -3.80. The van der Waals surface area contributed by atoms with Crippen LogP contribution < -0.4 is 10.6 Å². The third-order valence-electron chi connectivity index (χ3n) is 7.21. The molecular formula is C30H44N4O8. The summed E-state index contributed by atoms with van der Waals surface area (Å²) in [5, 5.41) is 15.5. The van der Waals surface area contributed by atoms with Gasteiger partial charge in [-0.15, -0.1) is 5.06 Å². The molecule has 1 aliphatic heterocycles. The van der Waals surface area contributed by atoms with E-state index in [1.54, 1.807) is 38.1 Å². The molecule has 0 saturated carbocycles. The molecule has 0 saturated heterocycles. The van der Waals surface area contributed by atoms with E-state index in [1.165, 1.54) is 11.8 Å². The lowest BCUT2D eigenvalue weighted by Crippen LogP contribution is -2.46. The topological polar surface area (TPSA) is 162 Å². The van der Waals surface area contributed by atoms with Crippen LogP contribution >= 0.6 is 0 Å². The van der Waals surface area contributed by atoms with Gasteiger partial charge in [-0.05, 0) is 57.6 Å². The highest BCUT2D eigenvalue weighted by atomic mass is 16.5. The fraction of sp³-hybridized carbons (Fsp3) is 0.600. The Balaban J connectivity index is 1.83. The number of esters is 1. The van der Waals surface area contributed by atoms with Gasteiger partial charge in [-0.2, -0.15) is 0 Å². The van der Waals surface area contributed by atoms with Gasteiger partial charge < -0.3 is 15.4 Å². The summed E-state index contributed by atoms with van der Waals surface area (Å²) in [6, 6.07) is 4.87. The molecule has 12 nitrogen and oxygen atoms in total. The van der Waals surface area contributed by atoms with Crippen LogP contribution in [-0.2, 0) is 19.1 Å². The van der Waals surface area contributed by atoms with Crippen LogP contribution in [0.25, 0.3) is 0 Å². The van der Waals surface area contributed by atoms with E-state index in [1.807, 2.05) is 13.8 Å². The van der Waals surface area contributed by atoms with Crippen molar-refractivity contribution in [3.63, 3.8) is 0 Å². The number of nitrogens with zero attached hydrogens (tertiary/aromatic N) is 2. The van der Waals surface area contributed by atoms with Gasteiger partial charge in [0.2, 0.25) is 5.91 Å². The van der Waals surface area contributed by atoms with Gasteiger partial charge in [-0.25, -0.2) is 9.59 Å².